The Morgan fingerprint density at radius 2 is 1.90 bits per heavy atom. The van der Waals surface area contributed by atoms with Crippen LogP contribution in [-0.2, 0) is 10.0 Å². The lowest BCUT2D eigenvalue weighted by molar-refractivity contribution is 0.440. The Balaban J connectivity index is 1.98. The predicted octanol–water partition coefficient (Wildman–Crippen LogP) is 2.51. The predicted molar refractivity (Wildman–Crippen MR) is 80.2 cm³/mol. The Morgan fingerprint density at radius 3 is 2.67 bits per heavy atom. The maximum absolute atomic E-state index is 12.2. The molecule has 3 N–H and O–H groups in total. The van der Waals surface area contributed by atoms with E-state index in [1.54, 1.807) is 23.7 Å². The van der Waals surface area contributed by atoms with Gasteiger partial charge in [-0.3, -0.25) is 4.72 Å². The van der Waals surface area contributed by atoms with E-state index in [0.29, 0.717) is 5.69 Å². The molecular formula is C13H10N2O4S2. The maximum atomic E-state index is 12.2. The number of thiazole rings is 1. The van der Waals surface area contributed by atoms with Gasteiger partial charge in [-0.1, -0.05) is 0 Å². The van der Waals surface area contributed by atoms with Crippen LogP contribution in [0.2, 0.25) is 0 Å². The number of nitrogens with one attached hydrogen (secondary N) is 1. The molecule has 1 aromatic heterocycles. The molecule has 0 unspecified atom stereocenters. The topological polar surface area (TPSA) is 99.5 Å². The zero-order valence-electron chi connectivity index (χ0n) is 10.5. The van der Waals surface area contributed by atoms with Crippen LogP contribution in [0.25, 0.3) is 10.2 Å². The fraction of sp³-hybridized carbons (Fsp3) is 0. The highest BCUT2D eigenvalue weighted by Gasteiger charge is 2.19. The molecule has 0 atom stereocenters. The van der Waals surface area contributed by atoms with Gasteiger partial charge in [0, 0.05) is 6.07 Å². The third-order valence-corrected chi connectivity index (χ3v) is 5.04. The molecule has 21 heavy (non-hydrogen) atoms. The van der Waals surface area contributed by atoms with Crippen LogP contribution in [0.1, 0.15) is 0 Å². The number of hydrogen-bond donors (Lipinski definition) is 3. The molecule has 0 amide bonds. The van der Waals surface area contributed by atoms with Gasteiger partial charge in [0.2, 0.25) is 0 Å². The first-order valence-corrected chi connectivity index (χ1v) is 8.20. The normalized spacial score (nSPS) is 11.6. The van der Waals surface area contributed by atoms with Gasteiger partial charge >= 0.3 is 0 Å². The Morgan fingerprint density at radius 1 is 1.10 bits per heavy atom. The van der Waals surface area contributed by atoms with Crippen molar-refractivity contribution in [1.82, 2.24) is 4.98 Å². The highest BCUT2D eigenvalue weighted by molar-refractivity contribution is 7.92. The monoisotopic (exact) mass is 322 g/mol. The van der Waals surface area contributed by atoms with Gasteiger partial charge in [-0.05, 0) is 30.3 Å². The third-order valence-electron chi connectivity index (χ3n) is 2.82. The first-order valence-electron chi connectivity index (χ1n) is 5.84. The Labute approximate surface area is 124 Å². The van der Waals surface area contributed by atoms with Gasteiger partial charge in [0.05, 0.1) is 21.4 Å². The summed E-state index contributed by atoms with van der Waals surface area (Å²) in [5.41, 5.74) is 2.84. The number of rotatable bonds is 3. The summed E-state index contributed by atoms with van der Waals surface area (Å²) in [7, 11) is -3.94. The van der Waals surface area contributed by atoms with Crippen molar-refractivity contribution in [2.45, 2.75) is 4.90 Å². The smallest absolute Gasteiger partial charge is 0.265 e. The molecule has 0 saturated heterocycles. The van der Waals surface area contributed by atoms with E-state index in [1.165, 1.54) is 17.4 Å². The molecule has 108 valence electrons. The van der Waals surface area contributed by atoms with E-state index in [-0.39, 0.29) is 10.6 Å². The fourth-order valence-electron chi connectivity index (χ4n) is 1.86. The minimum Gasteiger partial charge on any atom is -0.508 e. The number of aromatic nitrogens is 1. The lowest BCUT2D eigenvalue weighted by atomic mass is 10.3. The zero-order valence-corrected chi connectivity index (χ0v) is 12.1. The van der Waals surface area contributed by atoms with Crippen LogP contribution in [-0.4, -0.2) is 23.6 Å². The number of benzene rings is 2. The summed E-state index contributed by atoms with van der Waals surface area (Å²) >= 11 is 1.40. The van der Waals surface area contributed by atoms with E-state index >= 15 is 0 Å². The number of hydrogen-bond acceptors (Lipinski definition) is 6. The van der Waals surface area contributed by atoms with Crippen molar-refractivity contribution < 1.29 is 18.6 Å². The standard InChI is InChI=1S/C13H10N2O4S2/c16-9-2-4-13(11(17)6-9)21(18,19)15-8-1-3-10-12(5-8)20-7-14-10/h1-7,15-17H. The number of aromatic hydroxyl groups is 2. The van der Waals surface area contributed by atoms with Gasteiger partial charge in [-0.2, -0.15) is 0 Å². The summed E-state index contributed by atoms with van der Waals surface area (Å²) in [6.07, 6.45) is 0. The lowest BCUT2D eigenvalue weighted by Crippen LogP contribution is -2.12. The van der Waals surface area contributed by atoms with Crippen LogP contribution >= 0.6 is 11.3 Å². The molecule has 0 radical (unpaired) electrons. The SMILES string of the molecule is O=S(=O)(Nc1ccc2ncsc2c1)c1ccc(O)cc1O. The van der Waals surface area contributed by atoms with Crippen LogP contribution in [0.15, 0.2) is 46.8 Å². The van der Waals surface area contributed by atoms with Crippen molar-refractivity contribution in [2.75, 3.05) is 4.72 Å². The molecule has 0 fully saturated rings. The molecular weight excluding hydrogens is 312 g/mol. The second-order valence-corrected chi connectivity index (χ2v) is 6.83. The number of anilines is 1. The molecule has 2 aromatic carbocycles. The van der Waals surface area contributed by atoms with Crippen molar-refractivity contribution in [2.24, 2.45) is 0 Å². The number of sulfonamides is 1. The van der Waals surface area contributed by atoms with E-state index < -0.39 is 15.8 Å². The Kier molecular flexibility index (Phi) is 3.19. The molecule has 0 aliphatic heterocycles. The lowest BCUT2D eigenvalue weighted by Gasteiger charge is -2.09. The van der Waals surface area contributed by atoms with E-state index in [9.17, 15) is 18.6 Å². The maximum Gasteiger partial charge on any atom is 0.265 e. The summed E-state index contributed by atoms with van der Waals surface area (Å²) in [5, 5.41) is 18.9. The Bertz CT molecular complexity index is 919. The van der Waals surface area contributed by atoms with Gasteiger partial charge in [0.15, 0.2) is 0 Å². The van der Waals surface area contributed by atoms with E-state index in [2.05, 4.69) is 9.71 Å². The number of fused-ring (bicyclic) bond motifs is 1. The summed E-state index contributed by atoms with van der Waals surface area (Å²) in [5.74, 6) is -0.723. The quantitative estimate of drug-likeness (QED) is 0.688. The molecule has 6 nitrogen and oxygen atoms in total. The molecule has 0 saturated carbocycles. The highest BCUT2D eigenvalue weighted by Crippen LogP contribution is 2.29. The van der Waals surface area contributed by atoms with Gasteiger partial charge in [0.25, 0.3) is 10.0 Å². The van der Waals surface area contributed by atoms with E-state index in [1.807, 2.05) is 0 Å². The molecule has 8 heteroatoms. The molecule has 0 bridgehead atoms. The second-order valence-electron chi connectivity index (χ2n) is 4.29. The largest absolute Gasteiger partial charge is 0.508 e. The van der Waals surface area contributed by atoms with Crippen molar-refractivity contribution in [1.29, 1.82) is 0 Å². The highest BCUT2D eigenvalue weighted by atomic mass is 32.2. The van der Waals surface area contributed by atoms with Crippen LogP contribution < -0.4 is 4.72 Å². The number of nitrogens with zero attached hydrogens (tertiary/aromatic N) is 1. The number of phenolic OH excluding ortho intramolecular Hbond substituents is 2. The first kappa shape index (κ1) is 13.7. The van der Waals surface area contributed by atoms with Crippen molar-refractivity contribution in [3.63, 3.8) is 0 Å². The van der Waals surface area contributed by atoms with Crippen molar-refractivity contribution in [3.8, 4) is 11.5 Å². The van der Waals surface area contributed by atoms with Gasteiger partial charge in [0.1, 0.15) is 16.4 Å². The summed E-state index contributed by atoms with van der Waals surface area (Å²) < 4.78 is 27.7. The second kappa shape index (κ2) is 4.90. The van der Waals surface area contributed by atoms with Crippen LogP contribution in [0.5, 0.6) is 11.5 Å². The Hall–Kier alpha value is -2.32. The zero-order chi connectivity index (χ0) is 15.0. The molecule has 0 aliphatic rings. The molecule has 0 aliphatic carbocycles. The van der Waals surface area contributed by atoms with Gasteiger partial charge in [-0.25, -0.2) is 13.4 Å². The van der Waals surface area contributed by atoms with Crippen molar-refractivity contribution in [3.05, 3.63) is 41.9 Å². The summed E-state index contributed by atoms with van der Waals surface area (Å²) in [6, 6.07) is 8.28. The van der Waals surface area contributed by atoms with Crippen LogP contribution in [0, 0.1) is 0 Å². The average molecular weight is 322 g/mol. The molecule has 3 aromatic rings. The minimum atomic E-state index is -3.94. The summed E-state index contributed by atoms with van der Waals surface area (Å²) in [6.45, 7) is 0. The average Bonchev–Trinajstić information content (AvgIpc) is 2.85. The van der Waals surface area contributed by atoms with Gasteiger partial charge in [-0.15, -0.1) is 11.3 Å². The number of phenols is 2. The van der Waals surface area contributed by atoms with Crippen LogP contribution in [0.4, 0.5) is 5.69 Å². The van der Waals surface area contributed by atoms with Gasteiger partial charge < -0.3 is 10.2 Å². The minimum absolute atomic E-state index is 0.211. The third kappa shape index (κ3) is 2.63. The van der Waals surface area contributed by atoms with E-state index in [0.717, 1.165) is 22.3 Å². The molecule has 0 spiro atoms. The summed E-state index contributed by atoms with van der Waals surface area (Å²) in [4.78, 5) is 3.81. The fourth-order valence-corrected chi connectivity index (χ4v) is 3.71. The van der Waals surface area contributed by atoms with Crippen molar-refractivity contribution >= 4 is 37.3 Å². The first-order chi connectivity index (χ1) is 9.95. The van der Waals surface area contributed by atoms with Crippen LogP contribution in [0.3, 0.4) is 0 Å². The molecule has 3 rings (SSSR count). The molecule has 1 heterocycles. The van der Waals surface area contributed by atoms with E-state index in [4.69, 9.17) is 0 Å².